The number of rotatable bonds is 4. The highest BCUT2D eigenvalue weighted by molar-refractivity contribution is 6.16. The summed E-state index contributed by atoms with van der Waals surface area (Å²) in [5, 5.41) is 3.82. The second kappa shape index (κ2) is 5.01. The second-order valence-electron chi connectivity index (χ2n) is 4.35. The molecule has 0 amide bonds. The first-order chi connectivity index (χ1) is 9.29. The van der Waals surface area contributed by atoms with Gasteiger partial charge in [0.05, 0.1) is 16.9 Å². The van der Waals surface area contributed by atoms with Gasteiger partial charge in [0.25, 0.3) is 0 Å². The molecule has 19 heavy (non-hydrogen) atoms. The van der Waals surface area contributed by atoms with Crippen LogP contribution in [0.25, 0.3) is 11.0 Å². The average molecular weight is 277 g/mol. The fourth-order valence-electron chi connectivity index (χ4n) is 2.27. The quantitative estimate of drug-likeness (QED) is 0.688. The Morgan fingerprint density at radius 1 is 1.37 bits per heavy atom. The summed E-state index contributed by atoms with van der Waals surface area (Å²) < 4.78 is 6.87. The van der Waals surface area contributed by atoms with E-state index in [0.717, 1.165) is 23.4 Å². The zero-order chi connectivity index (χ0) is 13.2. The van der Waals surface area contributed by atoms with Gasteiger partial charge in [-0.15, -0.1) is 11.6 Å². The molecule has 0 N–H and O–H groups in total. The zero-order valence-electron chi connectivity index (χ0n) is 10.5. The number of hydrogen-bond donors (Lipinski definition) is 0. The highest BCUT2D eigenvalue weighted by Gasteiger charge is 2.12. The maximum Gasteiger partial charge on any atom is 0.213 e. The Labute approximate surface area is 115 Å². The van der Waals surface area contributed by atoms with E-state index < -0.39 is 0 Å². The standard InChI is InChI=1S/C13H13ClN4O/c1-9-3-2-4-10-13(9)18(12(7-14)16-10)6-5-11-15-8-19-17-11/h2-4,8H,5-7H2,1H3. The van der Waals surface area contributed by atoms with Gasteiger partial charge in [0.1, 0.15) is 5.82 Å². The molecule has 98 valence electrons. The maximum absolute atomic E-state index is 5.98. The number of imidazole rings is 1. The molecule has 2 heterocycles. The predicted molar refractivity (Wildman–Crippen MR) is 72.0 cm³/mol. The minimum atomic E-state index is 0.389. The molecule has 0 aliphatic rings. The summed E-state index contributed by atoms with van der Waals surface area (Å²) in [6.45, 7) is 2.82. The van der Waals surface area contributed by atoms with Crippen LogP contribution >= 0.6 is 11.6 Å². The van der Waals surface area contributed by atoms with Crippen molar-refractivity contribution in [3.8, 4) is 0 Å². The zero-order valence-corrected chi connectivity index (χ0v) is 11.3. The monoisotopic (exact) mass is 276 g/mol. The third kappa shape index (κ3) is 2.21. The van der Waals surface area contributed by atoms with Gasteiger partial charge in [-0.25, -0.2) is 4.98 Å². The third-order valence-corrected chi connectivity index (χ3v) is 3.37. The Morgan fingerprint density at radius 2 is 2.26 bits per heavy atom. The van der Waals surface area contributed by atoms with Gasteiger partial charge in [-0.2, -0.15) is 4.98 Å². The molecular formula is C13H13ClN4O. The summed E-state index contributed by atoms with van der Waals surface area (Å²) in [7, 11) is 0. The minimum absolute atomic E-state index is 0.389. The number of nitrogens with zero attached hydrogens (tertiary/aromatic N) is 4. The van der Waals surface area contributed by atoms with Gasteiger partial charge in [0.15, 0.2) is 5.82 Å². The lowest BCUT2D eigenvalue weighted by Gasteiger charge is -2.07. The molecule has 0 radical (unpaired) electrons. The van der Waals surface area contributed by atoms with E-state index in [9.17, 15) is 0 Å². The predicted octanol–water partition coefficient (Wildman–Crippen LogP) is 2.71. The van der Waals surface area contributed by atoms with E-state index in [4.69, 9.17) is 16.1 Å². The fraction of sp³-hybridized carbons (Fsp3) is 0.308. The highest BCUT2D eigenvalue weighted by Crippen LogP contribution is 2.21. The Morgan fingerprint density at radius 3 is 3.00 bits per heavy atom. The van der Waals surface area contributed by atoms with Gasteiger partial charge in [-0.05, 0) is 18.6 Å². The molecule has 2 aromatic heterocycles. The maximum atomic E-state index is 5.98. The summed E-state index contributed by atoms with van der Waals surface area (Å²) in [6.07, 6.45) is 2.04. The average Bonchev–Trinajstić information content (AvgIpc) is 3.03. The fourth-order valence-corrected chi connectivity index (χ4v) is 2.47. The summed E-state index contributed by atoms with van der Waals surface area (Å²) in [5.41, 5.74) is 3.29. The van der Waals surface area contributed by atoms with Crippen LogP contribution in [0.2, 0.25) is 0 Å². The highest BCUT2D eigenvalue weighted by atomic mass is 35.5. The number of halogens is 1. The van der Waals surface area contributed by atoms with Crippen molar-refractivity contribution in [3.05, 3.63) is 41.8 Å². The van der Waals surface area contributed by atoms with Crippen LogP contribution in [0.5, 0.6) is 0 Å². The normalized spacial score (nSPS) is 11.3. The lowest BCUT2D eigenvalue weighted by atomic mass is 10.2. The van der Waals surface area contributed by atoms with Crippen LogP contribution in [-0.2, 0) is 18.8 Å². The molecule has 6 heteroatoms. The van der Waals surface area contributed by atoms with E-state index in [1.807, 2.05) is 12.1 Å². The van der Waals surface area contributed by atoms with Crippen molar-refractivity contribution in [1.29, 1.82) is 0 Å². The molecule has 3 aromatic rings. The summed E-state index contributed by atoms with van der Waals surface area (Å²) in [5.74, 6) is 1.95. The molecule has 0 atom stereocenters. The Hall–Kier alpha value is -1.88. The molecule has 3 rings (SSSR count). The first-order valence-corrected chi connectivity index (χ1v) is 6.59. The number of para-hydroxylation sites is 1. The van der Waals surface area contributed by atoms with E-state index >= 15 is 0 Å². The summed E-state index contributed by atoms with van der Waals surface area (Å²) >= 11 is 5.98. The number of aryl methyl sites for hydroxylation is 3. The molecule has 1 aromatic carbocycles. The first-order valence-electron chi connectivity index (χ1n) is 6.05. The molecule has 0 saturated carbocycles. The third-order valence-electron chi connectivity index (χ3n) is 3.13. The number of benzene rings is 1. The Balaban J connectivity index is 2.00. The molecule has 0 aliphatic heterocycles. The minimum Gasteiger partial charge on any atom is -0.343 e. The summed E-state index contributed by atoms with van der Waals surface area (Å²) in [6, 6.07) is 6.09. The molecule has 0 spiro atoms. The van der Waals surface area contributed by atoms with Crippen molar-refractivity contribution in [2.45, 2.75) is 25.8 Å². The van der Waals surface area contributed by atoms with Gasteiger partial charge in [0, 0.05) is 13.0 Å². The largest absolute Gasteiger partial charge is 0.343 e. The number of hydrogen-bond acceptors (Lipinski definition) is 4. The lowest BCUT2D eigenvalue weighted by molar-refractivity contribution is 0.408. The van der Waals surface area contributed by atoms with Crippen LogP contribution in [-0.4, -0.2) is 19.7 Å². The molecule has 0 unspecified atom stereocenters. The van der Waals surface area contributed by atoms with Crippen molar-refractivity contribution in [1.82, 2.24) is 19.7 Å². The van der Waals surface area contributed by atoms with E-state index in [1.54, 1.807) is 0 Å². The number of fused-ring (bicyclic) bond motifs is 1. The van der Waals surface area contributed by atoms with Gasteiger partial charge in [-0.1, -0.05) is 17.3 Å². The van der Waals surface area contributed by atoms with E-state index in [1.165, 1.54) is 12.0 Å². The van der Waals surface area contributed by atoms with E-state index in [2.05, 4.69) is 32.7 Å². The Kier molecular flexibility index (Phi) is 3.21. The van der Waals surface area contributed by atoms with Crippen LogP contribution in [0, 0.1) is 6.92 Å². The molecule has 0 aliphatic carbocycles. The second-order valence-corrected chi connectivity index (χ2v) is 4.62. The van der Waals surface area contributed by atoms with Crippen LogP contribution in [0.15, 0.2) is 29.1 Å². The smallest absolute Gasteiger partial charge is 0.213 e. The summed E-state index contributed by atoms with van der Waals surface area (Å²) in [4.78, 5) is 8.59. The van der Waals surface area contributed by atoms with Crippen molar-refractivity contribution < 1.29 is 4.52 Å². The van der Waals surface area contributed by atoms with Crippen molar-refractivity contribution in [2.75, 3.05) is 0 Å². The van der Waals surface area contributed by atoms with Gasteiger partial charge < -0.3 is 9.09 Å². The first kappa shape index (κ1) is 12.2. The topological polar surface area (TPSA) is 56.7 Å². The molecular weight excluding hydrogens is 264 g/mol. The lowest BCUT2D eigenvalue weighted by Crippen LogP contribution is -2.06. The Bertz CT molecular complexity index is 690. The van der Waals surface area contributed by atoms with E-state index in [0.29, 0.717) is 18.1 Å². The SMILES string of the molecule is Cc1cccc2nc(CCl)n(CCc3ncon3)c12. The molecule has 0 fully saturated rings. The molecule has 5 nitrogen and oxygen atoms in total. The van der Waals surface area contributed by atoms with Gasteiger partial charge >= 0.3 is 0 Å². The van der Waals surface area contributed by atoms with Crippen LogP contribution in [0.3, 0.4) is 0 Å². The molecule has 0 bridgehead atoms. The number of alkyl halides is 1. The van der Waals surface area contributed by atoms with Crippen molar-refractivity contribution in [3.63, 3.8) is 0 Å². The molecule has 0 saturated heterocycles. The van der Waals surface area contributed by atoms with Crippen LogP contribution in [0.1, 0.15) is 17.2 Å². The van der Waals surface area contributed by atoms with E-state index in [-0.39, 0.29) is 0 Å². The van der Waals surface area contributed by atoms with Crippen LogP contribution in [0.4, 0.5) is 0 Å². The van der Waals surface area contributed by atoms with Gasteiger partial charge in [0.2, 0.25) is 6.39 Å². The van der Waals surface area contributed by atoms with Crippen LogP contribution < -0.4 is 0 Å². The number of aromatic nitrogens is 4. The van der Waals surface area contributed by atoms with Crippen molar-refractivity contribution in [2.24, 2.45) is 0 Å². The van der Waals surface area contributed by atoms with Crippen molar-refractivity contribution >= 4 is 22.6 Å². The van der Waals surface area contributed by atoms with Gasteiger partial charge in [-0.3, -0.25) is 0 Å².